The fourth-order valence-corrected chi connectivity index (χ4v) is 3.80. The Hall–Kier alpha value is -2.59. The number of hydrogen-bond acceptors (Lipinski definition) is 3. The van der Waals surface area contributed by atoms with Crippen LogP contribution in [-0.4, -0.2) is 24.0 Å². The lowest BCUT2D eigenvalue weighted by Gasteiger charge is -2.28. The molecule has 1 aromatic heterocycles. The van der Waals surface area contributed by atoms with Crippen LogP contribution in [0.15, 0.2) is 48.5 Å². The van der Waals surface area contributed by atoms with Crippen LogP contribution >= 0.6 is 11.6 Å². The molecule has 1 fully saturated rings. The van der Waals surface area contributed by atoms with Crippen molar-refractivity contribution in [3.05, 3.63) is 64.7 Å². The molecule has 1 N–H and O–H groups in total. The summed E-state index contributed by atoms with van der Waals surface area (Å²) in [6.07, 6.45) is 3.76. The van der Waals surface area contributed by atoms with Gasteiger partial charge in [0.1, 0.15) is 5.82 Å². The standard InChI is InChI=1S/C22H22ClN3O/c1-15-13-21(26-11-5-2-6-12-26)25-20-10-9-16(14-18(15)20)24-22(27)17-7-3-4-8-19(17)23/h3-4,7-10,13-14H,2,5-6,11-12H2,1H3,(H,24,27). The number of nitrogens with one attached hydrogen (secondary N) is 1. The number of halogens is 1. The maximum atomic E-state index is 12.5. The quantitative estimate of drug-likeness (QED) is 0.659. The third-order valence-corrected chi connectivity index (χ3v) is 5.39. The van der Waals surface area contributed by atoms with Gasteiger partial charge in [-0.25, -0.2) is 4.98 Å². The van der Waals surface area contributed by atoms with E-state index in [-0.39, 0.29) is 5.91 Å². The molecule has 3 aromatic rings. The van der Waals surface area contributed by atoms with Gasteiger partial charge in [-0.15, -0.1) is 0 Å². The number of hydrogen-bond donors (Lipinski definition) is 1. The summed E-state index contributed by atoms with van der Waals surface area (Å²) in [7, 11) is 0. The van der Waals surface area contributed by atoms with E-state index >= 15 is 0 Å². The van der Waals surface area contributed by atoms with Crippen molar-refractivity contribution >= 4 is 39.9 Å². The minimum absolute atomic E-state index is 0.213. The fourth-order valence-electron chi connectivity index (χ4n) is 3.58. The van der Waals surface area contributed by atoms with E-state index in [9.17, 15) is 4.79 Å². The molecule has 2 heterocycles. The summed E-state index contributed by atoms with van der Waals surface area (Å²) >= 11 is 6.12. The largest absolute Gasteiger partial charge is 0.357 e. The van der Waals surface area contributed by atoms with Gasteiger partial charge in [0.25, 0.3) is 5.91 Å². The molecule has 1 aliphatic rings. The zero-order valence-electron chi connectivity index (χ0n) is 15.3. The van der Waals surface area contributed by atoms with E-state index in [1.807, 2.05) is 24.3 Å². The number of aryl methyl sites for hydroxylation is 1. The second kappa shape index (κ2) is 7.57. The molecule has 138 valence electrons. The van der Waals surface area contributed by atoms with Crippen molar-refractivity contribution in [1.29, 1.82) is 0 Å². The van der Waals surface area contributed by atoms with E-state index in [1.165, 1.54) is 19.3 Å². The van der Waals surface area contributed by atoms with Gasteiger partial charge in [0.15, 0.2) is 0 Å². The van der Waals surface area contributed by atoms with Crippen LogP contribution in [0.5, 0.6) is 0 Å². The Morgan fingerprint density at radius 3 is 2.63 bits per heavy atom. The Morgan fingerprint density at radius 1 is 1.07 bits per heavy atom. The molecule has 5 heteroatoms. The average Bonchev–Trinajstić information content (AvgIpc) is 2.69. The summed E-state index contributed by atoms with van der Waals surface area (Å²) in [5.74, 6) is 0.836. The van der Waals surface area contributed by atoms with Crippen LogP contribution in [0, 0.1) is 6.92 Å². The number of aromatic nitrogens is 1. The number of nitrogens with zero attached hydrogens (tertiary/aromatic N) is 2. The van der Waals surface area contributed by atoms with Crippen molar-refractivity contribution in [2.24, 2.45) is 0 Å². The van der Waals surface area contributed by atoms with Crippen molar-refractivity contribution in [1.82, 2.24) is 4.98 Å². The predicted molar refractivity (Wildman–Crippen MR) is 112 cm³/mol. The Morgan fingerprint density at radius 2 is 1.85 bits per heavy atom. The highest BCUT2D eigenvalue weighted by Gasteiger charge is 2.15. The Kier molecular flexibility index (Phi) is 4.99. The lowest BCUT2D eigenvalue weighted by molar-refractivity contribution is 0.102. The summed E-state index contributed by atoms with van der Waals surface area (Å²) in [5, 5.41) is 4.43. The third kappa shape index (κ3) is 3.76. The molecule has 1 saturated heterocycles. The number of piperidine rings is 1. The first kappa shape index (κ1) is 17.8. The molecule has 0 atom stereocenters. The molecule has 0 aliphatic carbocycles. The van der Waals surface area contributed by atoms with Crippen LogP contribution in [0.4, 0.5) is 11.5 Å². The van der Waals surface area contributed by atoms with E-state index in [1.54, 1.807) is 18.2 Å². The molecule has 2 aromatic carbocycles. The number of fused-ring (bicyclic) bond motifs is 1. The van der Waals surface area contributed by atoms with Crippen LogP contribution in [0.25, 0.3) is 10.9 Å². The van der Waals surface area contributed by atoms with Gasteiger partial charge in [-0.3, -0.25) is 4.79 Å². The molecular weight excluding hydrogens is 358 g/mol. The summed E-state index contributed by atoms with van der Waals surface area (Å²) in [6, 6.07) is 15.0. The normalized spacial score (nSPS) is 14.4. The lowest BCUT2D eigenvalue weighted by atomic mass is 10.1. The fraction of sp³-hybridized carbons (Fsp3) is 0.273. The molecule has 1 aliphatic heterocycles. The number of amides is 1. The molecular formula is C22H22ClN3O. The maximum Gasteiger partial charge on any atom is 0.257 e. The van der Waals surface area contributed by atoms with E-state index < -0.39 is 0 Å². The van der Waals surface area contributed by atoms with Crippen LogP contribution in [0.1, 0.15) is 35.2 Å². The van der Waals surface area contributed by atoms with Gasteiger partial charge in [0.05, 0.1) is 16.1 Å². The molecule has 0 bridgehead atoms. The SMILES string of the molecule is Cc1cc(N2CCCCC2)nc2ccc(NC(=O)c3ccccc3Cl)cc12. The Balaban J connectivity index is 1.61. The molecule has 0 unspecified atom stereocenters. The van der Waals surface area contributed by atoms with Gasteiger partial charge in [0, 0.05) is 24.2 Å². The van der Waals surface area contributed by atoms with Crippen LogP contribution in [0.2, 0.25) is 5.02 Å². The topological polar surface area (TPSA) is 45.2 Å². The highest BCUT2D eigenvalue weighted by molar-refractivity contribution is 6.34. The van der Waals surface area contributed by atoms with Crippen molar-refractivity contribution in [2.75, 3.05) is 23.3 Å². The number of pyridine rings is 1. The molecule has 27 heavy (non-hydrogen) atoms. The van der Waals surface area contributed by atoms with E-state index in [0.29, 0.717) is 10.6 Å². The van der Waals surface area contributed by atoms with Crippen molar-refractivity contribution in [2.45, 2.75) is 26.2 Å². The van der Waals surface area contributed by atoms with Gasteiger partial charge in [-0.2, -0.15) is 0 Å². The first-order chi connectivity index (χ1) is 13.1. The minimum Gasteiger partial charge on any atom is -0.357 e. The molecule has 4 rings (SSSR count). The van der Waals surface area contributed by atoms with Crippen LogP contribution < -0.4 is 10.2 Å². The number of anilines is 2. The predicted octanol–water partition coefficient (Wildman–Crippen LogP) is 5.44. The number of carbonyl (C=O) groups is 1. The molecule has 0 saturated carbocycles. The smallest absolute Gasteiger partial charge is 0.257 e. The third-order valence-electron chi connectivity index (χ3n) is 5.06. The van der Waals surface area contributed by atoms with Gasteiger partial charge in [0.2, 0.25) is 0 Å². The molecule has 4 nitrogen and oxygen atoms in total. The highest BCUT2D eigenvalue weighted by atomic mass is 35.5. The first-order valence-corrected chi connectivity index (χ1v) is 9.72. The van der Waals surface area contributed by atoms with Gasteiger partial charge in [-0.1, -0.05) is 23.7 Å². The van der Waals surface area contributed by atoms with Crippen molar-refractivity contribution < 1.29 is 4.79 Å². The maximum absolute atomic E-state index is 12.5. The second-order valence-corrected chi connectivity index (χ2v) is 7.42. The summed E-state index contributed by atoms with van der Waals surface area (Å²) < 4.78 is 0. The van der Waals surface area contributed by atoms with E-state index in [4.69, 9.17) is 16.6 Å². The molecule has 1 amide bonds. The van der Waals surface area contributed by atoms with Gasteiger partial charge < -0.3 is 10.2 Å². The van der Waals surface area contributed by atoms with Gasteiger partial charge >= 0.3 is 0 Å². The number of carbonyl (C=O) groups excluding carboxylic acids is 1. The van der Waals surface area contributed by atoms with Gasteiger partial charge in [-0.05, 0) is 68.1 Å². The van der Waals surface area contributed by atoms with Crippen molar-refractivity contribution in [3.8, 4) is 0 Å². The van der Waals surface area contributed by atoms with Crippen LogP contribution in [0.3, 0.4) is 0 Å². The Bertz CT molecular complexity index is 996. The molecule has 0 radical (unpaired) electrons. The summed E-state index contributed by atoms with van der Waals surface area (Å²) in [5.41, 5.74) is 3.32. The molecule has 0 spiro atoms. The lowest BCUT2D eigenvalue weighted by Crippen LogP contribution is -2.30. The zero-order valence-corrected chi connectivity index (χ0v) is 16.1. The summed E-state index contributed by atoms with van der Waals surface area (Å²) in [6.45, 7) is 4.24. The summed E-state index contributed by atoms with van der Waals surface area (Å²) in [4.78, 5) is 19.7. The first-order valence-electron chi connectivity index (χ1n) is 9.34. The van der Waals surface area contributed by atoms with E-state index in [2.05, 4.69) is 23.2 Å². The highest BCUT2D eigenvalue weighted by Crippen LogP contribution is 2.27. The zero-order chi connectivity index (χ0) is 18.8. The monoisotopic (exact) mass is 379 g/mol. The van der Waals surface area contributed by atoms with Crippen LogP contribution in [-0.2, 0) is 0 Å². The minimum atomic E-state index is -0.213. The van der Waals surface area contributed by atoms with Crippen molar-refractivity contribution in [3.63, 3.8) is 0 Å². The second-order valence-electron chi connectivity index (χ2n) is 7.01. The average molecular weight is 380 g/mol. The van der Waals surface area contributed by atoms with E-state index in [0.717, 1.165) is 41.1 Å². The number of rotatable bonds is 3. The Labute approximate surface area is 164 Å². The number of benzene rings is 2.